The fourth-order valence-corrected chi connectivity index (χ4v) is 2.79. The highest BCUT2D eigenvalue weighted by atomic mass is 16.5. The highest BCUT2D eigenvalue weighted by molar-refractivity contribution is 6.04. The summed E-state index contributed by atoms with van der Waals surface area (Å²) in [4.78, 5) is 21.3. The van der Waals surface area contributed by atoms with Crippen molar-refractivity contribution in [1.29, 1.82) is 0 Å². The molecule has 4 rings (SSSR count). The average Bonchev–Trinajstić information content (AvgIpc) is 3.55. The Hall–Kier alpha value is -3.83. The molecule has 1 amide bonds. The van der Waals surface area contributed by atoms with Crippen molar-refractivity contribution in [2.75, 3.05) is 32.2 Å². The normalized spacial score (nSPS) is 11.0. The molecule has 4 aromatic heterocycles. The van der Waals surface area contributed by atoms with E-state index in [4.69, 9.17) is 13.9 Å². The average molecular weight is 423 g/mol. The van der Waals surface area contributed by atoms with Gasteiger partial charge in [0.15, 0.2) is 5.69 Å². The Kier molecular flexibility index (Phi) is 6.45. The van der Waals surface area contributed by atoms with Crippen LogP contribution in [-0.4, -0.2) is 62.8 Å². The maximum absolute atomic E-state index is 12.8. The number of nitrogens with one attached hydrogen (secondary N) is 2. The third kappa shape index (κ3) is 5.02. The van der Waals surface area contributed by atoms with E-state index in [1.54, 1.807) is 36.6 Å². The number of methoxy groups -OCH3 is 1. The van der Waals surface area contributed by atoms with Gasteiger partial charge in [0.1, 0.15) is 12.0 Å². The molecule has 0 spiro atoms. The Morgan fingerprint density at radius 3 is 3.00 bits per heavy atom. The lowest BCUT2D eigenvalue weighted by molar-refractivity contribution is 0.0654. The van der Waals surface area contributed by atoms with Crippen LogP contribution >= 0.6 is 0 Å². The molecule has 0 aliphatic heterocycles. The number of hydrogen-bond donors (Lipinski definition) is 2. The van der Waals surface area contributed by atoms with Gasteiger partial charge in [0.25, 0.3) is 5.91 Å². The van der Waals surface area contributed by atoms with Crippen LogP contribution in [-0.2, 0) is 16.0 Å². The van der Waals surface area contributed by atoms with Crippen LogP contribution < -0.4 is 5.32 Å². The molecule has 11 heteroatoms. The number of nitrogens with zero attached hydrogens (tertiary/aromatic N) is 5. The predicted molar refractivity (Wildman–Crippen MR) is 110 cm³/mol. The summed E-state index contributed by atoms with van der Waals surface area (Å²) < 4.78 is 17.5. The van der Waals surface area contributed by atoms with Crippen LogP contribution in [0.1, 0.15) is 10.5 Å². The Bertz CT molecular complexity index is 1110. The standard InChI is InChI=1S/C20H21N7O4/c1-29-8-9-30-7-6-27-12-16(18(26-27)15-4-2-3-5-21-15)24-19(28)17-13-31-20(25-17)14-10-22-23-11-14/h2-5,10-13H,6-9H2,1H3,(H,22,23)(H,24,28). The molecule has 31 heavy (non-hydrogen) atoms. The van der Waals surface area contributed by atoms with Crippen LogP contribution in [0.5, 0.6) is 0 Å². The number of anilines is 1. The van der Waals surface area contributed by atoms with E-state index < -0.39 is 5.91 Å². The van der Waals surface area contributed by atoms with Gasteiger partial charge in [-0.1, -0.05) is 6.07 Å². The molecule has 11 nitrogen and oxygen atoms in total. The van der Waals surface area contributed by atoms with Crippen molar-refractivity contribution >= 4 is 11.6 Å². The number of hydrogen-bond acceptors (Lipinski definition) is 8. The van der Waals surface area contributed by atoms with Crippen LogP contribution in [0.3, 0.4) is 0 Å². The molecular formula is C20H21N7O4. The molecule has 0 bridgehead atoms. The van der Waals surface area contributed by atoms with Crippen LogP contribution in [0.25, 0.3) is 22.8 Å². The van der Waals surface area contributed by atoms with Crippen LogP contribution in [0.2, 0.25) is 0 Å². The van der Waals surface area contributed by atoms with Gasteiger partial charge in [-0.15, -0.1) is 0 Å². The van der Waals surface area contributed by atoms with E-state index in [1.807, 2.05) is 18.2 Å². The maximum atomic E-state index is 12.8. The number of ether oxygens (including phenoxy) is 2. The summed E-state index contributed by atoms with van der Waals surface area (Å²) in [5.74, 6) is -0.126. The fraction of sp³-hybridized carbons (Fsp3) is 0.250. The summed E-state index contributed by atoms with van der Waals surface area (Å²) >= 11 is 0. The molecule has 0 fully saturated rings. The Balaban J connectivity index is 1.51. The van der Waals surface area contributed by atoms with Crippen molar-refractivity contribution in [2.24, 2.45) is 0 Å². The van der Waals surface area contributed by atoms with Gasteiger partial charge in [0.2, 0.25) is 5.89 Å². The number of aromatic nitrogens is 6. The largest absolute Gasteiger partial charge is 0.444 e. The number of pyridine rings is 1. The Morgan fingerprint density at radius 1 is 1.29 bits per heavy atom. The topological polar surface area (TPSA) is 133 Å². The van der Waals surface area contributed by atoms with Crippen molar-refractivity contribution in [3.8, 4) is 22.8 Å². The van der Waals surface area contributed by atoms with Crippen molar-refractivity contribution < 1.29 is 18.7 Å². The first-order valence-corrected chi connectivity index (χ1v) is 9.56. The fourth-order valence-electron chi connectivity index (χ4n) is 2.79. The lowest BCUT2D eigenvalue weighted by atomic mass is 10.2. The minimum absolute atomic E-state index is 0.138. The van der Waals surface area contributed by atoms with Crippen molar-refractivity contribution in [3.63, 3.8) is 0 Å². The van der Waals surface area contributed by atoms with E-state index in [1.165, 1.54) is 6.26 Å². The molecular weight excluding hydrogens is 402 g/mol. The van der Waals surface area contributed by atoms with E-state index >= 15 is 0 Å². The summed E-state index contributed by atoms with van der Waals surface area (Å²) in [6.45, 7) is 1.99. The van der Waals surface area contributed by atoms with Crippen molar-refractivity contribution in [1.82, 2.24) is 29.9 Å². The lowest BCUT2D eigenvalue weighted by Gasteiger charge is -2.03. The molecule has 0 aliphatic carbocycles. The van der Waals surface area contributed by atoms with Gasteiger partial charge < -0.3 is 19.2 Å². The molecule has 160 valence electrons. The number of aromatic amines is 1. The first-order chi connectivity index (χ1) is 15.2. The number of carbonyl (C=O) groups is 1. The number of amides is 1. The van der Waals surface area contributed by atoms with E-state index in [-0.39, 0.29) is 5.69 Å². The smallest absolute Gasteiger partial charge is 0.277 e. The molecule has 2 N–H and O–H groups in total. The number of rotatable bonds is 10. The Morgan fingerprint density at radius 2 is 2.23 bits per heavy atom. The predicted octanol–water partition coefficient (Wildman–Crippen LogP) is 2.24. The molecule has 0 aliphatic rings. The first kappa shape index (κ1) is 20.4. The zero-order valence-electron chi connectivity index (χ0n) is 16.8. The van der Waals surface area contributed by atoms with Gasteiger partial charge in [-0.3, -0.25) is 19.6 Å². The van der Waals surface area contributed by atoms with E-state index in [9.17, 15) is 4.79 Å². The Labute approximate surface area is 177 Å². The second-order valence-electron chi connectivity index (χ2n) is 6.45. The molecule has 4 heterocycles. The third-order valence-corrected chi connectivity index (χ3v) is 4.30. The van der Waals surface area contributed by atoms with Crippen molar-refractivity contribution in [2.45, 2.75) is 6.54 Å². The van der Waals surface area contributed by atoms with E-state index in [0.717, 1.165) is 0 Å². The molecule has 0 aromatic carbocycles. The highest BCUT2D eigenvalue weighted by Gasteiger charge is 2.19. The highest BCUT2D eigenvalue weighted by Crippen LogP contribution is 2.25. The number of carbonyl (C=O) groups excluding carboxylic acids is 1. The summed E-state index contributed by atoms with van der Waals surface area (Å²) in [5.41, 5.74) is 2.47. The van der Waals surface area contributed by atoms with Gasteiger partial charge in [-0.2, -0.15) is 10.2 Å². The molecule has 0 radical (unpaired) electrons. The van der Waals surface area contributed by atoms with Gasteiger partial charge in [-0.05, 0) is 12.1 Å². The number of H-pyrrole nitrogens is 1. The zero-order chi connectivity index (χ0) is 21.5. The van der Waals surface area contributed by atoms with Gasteiger partial charge in [-0.25, -0.2) is 4.98 Å². The maximum Gasteiger partial charge on any atom is 0.277 e. The van der Waals surface area contributed by atoms with Gasteiger partial charge in [0, 0.05) is 25.7 Å². The zero-order valence-corrected chi connectivity index (χ0v) is 16.8. The van der Waals surface area contributed by atoms with Crippen LogP contribution in [0.4, 0.5) is 5.69 Å². The summed E-state index contributed by atoms with van der Waals surface area (Å²) in [6, 6.07) is 5.50. The minimum Gasteiger partial charge on any atom is -0.444 e. The van der Waals surface area contributed by atoms with Crippen molar-refractivity contribution in [3.05, 3.63) is 54.9 Å². The lowest BCUT2D eigenvalue weighted by Crippen LogP contribution is -2.12. The third-order valence-electron chi connectivity index (χ3n) is 4.30. The summed E-state index contributed by atoms with van der Waals surface area (Å²) in [5, 5.41) is 13.9. The molecule has 0 unspecified atom stereocenters. The molecule has 0 saturated heterocycles. The van der Waals surface area contributed by atoms with Crippen LogP contribution in [0.15, 0.2) is 53.7 Å². The monoisotopic (exact) mass is 423 g/mol. The van der Waals surface area contributed by atoms with Gasteiger partial charge in [0.05, 0.1) is 49.5 Å². The second kappa shape index (κ2) is 9.78. The number of oxazole rings is 1. The van der Waals surface area contributed by atoms with E-state index in [0.29, 0.717) is 54.9 Å². The molecule has 0 atom stereocenters. The SMILES string of the molecule is COCCOCCn1cc(NC(=O)c2coc(-c3cn[nH]c3)n2)c(-c2ccccn2)n1. The van der Waals surface area contributed by atoms with Gasteiger partial charge >= 0.3 is 0 Å². The van der Waals surface area contributed by atoms with E-state index in [2.05, 4.69) is 30.6 Å². The molecule has 4 aromatic rings. The first-order valence-electron chi connectivity index (χ1n) is 9.56. The van der Waals surface area contributed by atoms with Crippen LogP contribution in [0, 0.1) is 0 Å². The summed E-state index contributed by atoms with van der Waals surface area (Å²) in [7, 11) is 1.62. The molecule has 0 saturated carbocycles. The summed E-state index contributed by atoms with van der Waals surface area (Å²) in [6.07, 6.45) is 7.89. The minimum atomic E-state index is -0.424. The second-order valence-corrected chi connectivity index (χ2v) is 6.45. The quantitative estimate of drug-likeness (QED) is 0.371.